The molecular formula is C51H81NO13. The van der Waals surface area contributed by atoms with Gasteiger partial charge in [0, 0.05) is 58.5 Å². The van der Waals surface area contributed by atoms with Gasteiger partial charge in [-0.15, -0.1) is 0 Å². The zero-order chi connectivity index (χ0) is 48.6. The number of Topliss-reactive ketones (excluding diaryl/α,β-unsaturated/α-hetero) is 3. The van der Waals surface area contributed by atoms with Gasteiger partial charge in [-0.3, -0.25) is 19.2 Å². The summed E-state index contributed by atoms with van der Waals surface area (Å²) in [6.45, 7) is 13.2. The molecule has 0 aromatic rings. The summed E-state index contributed by atoms with van der Waals surface area (Å²) in [7, 11) is 4.61. The van der Waals surface area contributed by atoms with Gasteiger partial charge in [-0.25, -0.2) is 4.79 Å². The van der Waals surface area contributed by atoms with Crippen LogP contribution in [0, 0.1) is 35.5 Å². The highest BCUT2D eigenvalue weighted by atomic mass is 16.6. The first-order valence-electron chi connectivity index (χ1n) is 23.9. The molecule has 1 aliphatic carbocycles. The summed E-state index contributed by atoms with van der Waals surface area (Å²) in [5, 5.41) is 42.4. The molecule has 0 bridgehead atoms. The van der Waals surface area contributed by atoms with Crippen molar-refractivity contribution >= 4 is 29.2 Å². The van der Waals surface area contributed by atoms with Crippen LogP contribution >= 0.6 is 0 Å². The maximum atomic E-state index is 13.5. The molecule has 3 aliphatic rings. The number of aliphatic hydroxyl groups is 3. The van der Waals surface area contributed by atoms with Crippen molar-refractivity contribution in [3.8, 4) is 0 Å². The Labute approximate surface area is 387 Å². The quantitative estimate of drug-likeness (QED) is 0.0427. The largest absolute Gasteiger partial charge is 0.480 e. The lowest BCUT2D eigenvalue weighted by Crippen LogP contribution is -2.60. The van der Waals surface area contributed by atoms with Crippen LogP contribution in [-0.2, 0) is 42.9 Å². The van der Waals surface area contributed by atoms with Crippen LogP contribution in [0.25, 0.3) is 0 Å². The van der Waals surface area contributed by atoms with Crippen molar-refractivity contribution in [2.45, 2.75) is 180 Å². The Hall–Kier alpha value is -3.37. The topological polar surface area (TPSA) is 206 Å². The summed E-state index contributed by atoms with van der Waals surface area (Å²) in [6, 6.07) is -1.12. The number of aliphatic carboxylic acids is 1. The maximum absolute atomic E-state index is 13.5. The van der Waals surface area contributed by atoms with E-state index in [1.54, 1.807) is 34.1 Å². The van der Waals surface area contributed by atoms with Crippen LogP contribution < -0.4 is 0 Å². The van der Waals surface area contributed by atoms with Crippen molar-refractivity contribution in [3.63, 3.8) is 0 Å². The van der Waals surface area contributed by atoms with E-state index in [0.29, 0.717) is 62.4 Å². The van der Waals surface area contributed by atoms with Gasteiger partial charge < -0.3 is 44.3 Å². The van der Waals surface area contributed by atoms with E-state index in [0.717, 1.165) is 42.6 Å². The second-order valence-corrected chi connectivity index (χ2v) is 19.4. The Kier molecular flexibility index (Phi) is 23.1. The van der Waals surface area contributed by atoms with E-state index in [-0.39, 0.29) is 36.6 Å². The van der Waals surface area contributed by atoms with Gasteiger partial charge in [0.15, 0.2) is 5.78 Å². The zero-order valence-corrected chi connectivity index (χ0v) is 40.8. The molecule has 0 aromatic carbocycles. The molecule has 2 heterocycles. The van der Waals surface area contributed by atoms with Crippen LogP contribution in [0.1, 0.15) is 132 Å². The fraction of sp³-hybridized carbons (Fsp3) is 0.745. The Balaban J connectivity index is 1.49. The van der Waals surface area contributed by atoms with Crippen molar-refractivity contribution in [3.05, 3.63) is 47.6 Å². The summed E-state index contributed by atoms with van der Waals surface area (Å²) in [5.41, 5.74) is 1.38. The molecule has 2 saturated heterocycles. The number of carbonyl (C=O) groups excluding carboxylic acids is 4. The van der Waals surface area contributed by atoms with E-state index >= 15 is 0 Å². The highest BCUT2D eigenvalue weighted by Gasteiger charge is 2.52. The third kappa shape index (κ3) is 16.1. The predicted molar refractivity (Wildman–Crippen MR) is 248 cm³/mol. The first-order valence-corrected chi connectivity index (χ1v) is 23.9. The van der Waals surface area contributed by atoms with Gasteiger partial charge in [-0.2, -0.15) is 0 Å². The Morgan fingerprint density at radius 1 is 0.892 bits per heavy atom. The van der Waals surface area contributed by atoms with Crippen molar-refractivity contribution in [1.82, 2.24) is 4.90 Å². The number of amides is 1. The Morgan fingerprint density at radius 3 is 2.25 bits per heavy atom. The van der Waals surface area contributed by atoms with Gasteiger partial charge in [-0.1, -0.05) is 71.1 Å². The van der Waals surface area contributed by atoms with Gasteiger partial charge in [0.2, 0.25) is 5.79 Å². The fourth-order valence-corrected chi connectivity index (χ4v) is 9.78. The second kappa shape index (κ2) is 26.8. The number of rotatable bonds is 25. The number of carboxylic acids is 1. The lowest BCUT2D eigenvalue weighted by atomic mass is 9.79. The first-order chi connectivity index (χ1) is 30.7. The highest BCUT2D eigenvalue weighted by Crippen LogP contribution is 2.37. The number of piperidine rings is 1. The van der Waals surface area contributed by atoms with E-state index in [1.807, 2.05) is 58.1 Å². The minimum atomic E-state index is -2.38. The minimum absolute atomic E-state index is 0.0249. The molecule has 14 unspecified atom stereocenters. The molecule has 4 N–H and O–H groups in total. The molecular weight excluding hydrogens is 835 g/mol. The summed E-state index contributed by atoms with van der Waals surface area (Å²) < 4.78 is 22.7. The van der Waals surface area contributed by atoms with E-state index in [9.17, 15) is 44.4 Å². The van der Waals surface area contributed by atoms with Gasteiger partial charge in [0.05, 0.1) is 24.4 Å². The van der Waals surface area contributed by atoms with E-state index in [4.69, 9.17) is 18.9 Å². The van der Waals surface area contributed by atoms with Gasteiger partial charge >= 0.3 is 5.97 Å². The Bertz CT molecular complexity index is 1710. The van der Waals surface area contributed by atoms with Crippen LogP contribution in [0.4, 0.5) is 0 Å². The molecule has 14 heteroatoms. The Morgan fingerprint density at radius 2 is 1.60 bits per heavy atom. The van der Waals surface area contributed by atoms with Crippen molar-refractivity contribution in [2.75, 3.05) is 27.9 Å². The summed E-state index contributed by atoms with van der Waals surface area (Å²) in [5.74, 6) is -6.52. The fourth-order valence-electron chi connectivity index (χ4n) is 9.78. The molecule has 14 atom stereocenters. The van der Waals surface area contributed by atoms with Crippen LogP contribution in [0.5, 0.6) is 0 Å². The average Bonchev–Trinajstić information content (AvgIpc) is 3.28. The number of likely N-dealkylation sites (tertiary alicyclic amines) is 1. The molecule has 1 amide bonds. The molecule has 65 heavy (non-hydrogen) atoms. The van der Waals surface area contributed by atoms with Gasteiger partial charge in [0.25, 0.3) is 11.7 Å². The van der Waals surface area contributed by atoms with Crippen molar-refractivity contribution < 1.29 is 63.3 Å². The number of carboxylic acid groups (broad SMARTS) is 1. The molecule has 0 radical (unpaired) electrons. The van der Waals surface area contributed by atoms with Crippen LogP contribution in [0.2, 0.25) is 0 Å². The van der Waals surface area contributed by atoms with E-state index in [1.165, 1.54) is 7.11 Å². The number of methoxy groups -OCH3 is 3. The number of allylic oxidation sites excluding steroid dienone is 6. The highest BCUT2D eigenvalue weighted by molar-refractivity contribution is 6.39. The summed E-state index contributed by atoms with van der Waals surface area (Å²) in [4.78, 5) is 66.2. The SMILES string of the molecule is COC(CC1CCC(C)C(O)(C(=O)C(=O)N2CCCCC2C(=O)O)O1)C(C)=CC=CC=CC(C)CC(C)C(=O)C(OC)C(O)C(C)=CC(C)C(=O)CCC(C)CC1CCC(O)C(OC)C1. The number of hydrogen-bond donors (Lipinski definition) is 4. The molecule has 3 rings (SSSR count). The molecule has 0 aromatic heterocycles. The third-order valence-corrected chi connectivity index (χ3v) is 14.1. The number of ketones is 3. The van der Waals surface area contributed by atoms with E-state index < -0.39 is 77.8 Å². The van der Waals surface area contributed by atoms with Gasteiger partial charge in [0.1, 0.15) is 24.0 Å². The molecule has 3 fully saturated rings. The summed E-state index contributed by atoms with van der Waals surface area (Å²) >= 11 is 0. The maximum Gasteiger partial charge on any atom is 0.326 e. The van der Waals surface area contributed by atoms with Crippen LogP contribution in [-0.4, -0.2) is 131 Å². The first kappa shape index (κ1) is 56.0. The smallest absolute Gasteiger partial charge is 0.326 e. The monoisotopic (exact) mass is 916 g/mol. The van der Waals surface area contributed by atoms with Crippen molar-refractivity contribution in [2.24, 2.45) is 35.5 Å². The molecule has 0 spiro atoms. The predicted octanol–water partition coefficient (Wildman–Crippen LogP) is 6.73. The standard InChI is InChI=1S/C51H81NO13/c1-31(26-35(5)45(55)47(64-10)46(56)36(6)28-34(4)41(53)23-19-32(2)27-38-21-24-42(54)44(29-38)63-9)16-12-11-13-17-33(3)43(62-8)30-39-22-20-37(7)51(61,65-39)48(57)49(58)52-25-15-14-18-40(52)50(59)60/h11-13,16-17,28,31-32,34-35,37-40,42-44,46-47,54,56,61H,14-15,18-27,29-30H2,1-10H3,(H,59,60). The number of hydrogen-bond acceptors (Lipinski definition) is 12. The molecule has 1 saturated carbocycles. The average molecular weight is 916 g/mol. The lowest BCUT2D eigenvalue weighted by Gasteiger charge is -2.42. The molecule has 14 nitrogen and oxygen atoms in total. The van der Waals surface area contributed by atoms with Crippen molar-refractivity contribution in [1.29, 1.82) is 0 Å². The normalized spacial score (nSPS) is 29.2. The van der Waals surface area contributed by atoms with Crippen LogP contribution in [0.15, 0.2) is 47.6 Å². The number of ether oxygens (including phenoxy) is 4. The molecule has 368 valence electrons. The van der Waals surface area contributed by atoms with E-state index in [2.05, 4.69) is 6.92 Å². The summed E-state index contributed by atoms with van der Waals surface area (Å²) in [6.07, 6.45) is 15.4. The minimum Gasteiger partial charge on any atom is -0.480 e. The molecule has 2 aliphatic heterocycles. The lowest BCUT2D eigenvalue weighted by molar-refractivity contribution is -0.265. The number of carbonyl (C=O) groups is 5. The van der Waals surface area contributed by atoms with Gasteiger partial charge in [-0.05, 0) is 113 Å². The zero-order valence-electron chi connectivity index (χ0n) is 40.8. The third-order valence-electron chi connectivity index (χ3n) is 14.1. The number of nitrogens with zero attached hydrogens (tertiary/aromatic N) is 1. The van der Waals surface area contributed by atoms with Crippen LogP contribution in [0.3, 0.4) is 0 Å². The second-order valence-electron chi connectivity index (χ2n) is 19.4. The number of aliphatic hydroxyl groups excluding tert-OH is 2.